The Hall–Kier alpha value is -1.56. The summed E-state index contributed by atoms with van der Waals surface area (Å²) in [6.45, 7) is 0. The van der Waals surface area contributed by atoms with Crippen LogP contribution in [0.1, 0.15) is 6.42 Å². The van der Waals surface area contributed by atoms with Crippen molar-refractivity contribution < 1.29 is 17.9 Å². The van der Waals surface area contributed by atoms with Crippen LogP contribution in [0.25, 0.3) is 0 Å². The molecule has 0 spiro atoms. The number of hydrogen-bond donors (Lipinski definition) is 1. The molecule has 18 heavy (non-hydrogen) atoms. The van der Waals surface area contributed by atoms with Crippen LogP contribution in [0, 0.1) is 5.92 Å². The van der Waals surface area contributed by atoms with E-state index in [1.54, 1.807) is 31.4 Å². The lowest BCUT2D eigenvalue weighted by molar-refractivity contribution is -0.119. The van der Waals surface area contributed by atoms with Crippen molar-refractivity contribution in [2.45, 2.75) is 6.42 Å². The van der Waals surface area contributed by atoms with Gasteiger partial charge >= 0.3 is 0 Å². The minimum Gasteiger partial charge on any atom is -0.497 e. The molecule has 1 heterocycles. The summed E-state index contributed by atoms with van der Waals surface area (Å²) < 4.78 is 27.6. The van der Waals surface area contributed by atoms with E-state index in [-0.39, 0.29) is 17.4 Å². The summed E-state index contributed by atoms with van der Waals surface area (Å²) >= 11 is 0. The van der Waals surface area contributed by atoms with Crippen LogP contribution in [0.4, 0.5) is 5.69 Å². The summed E-state index contributed by atoms with van der Waals surface area (Å²) in [4.78, 5) is 11.9. The summed E-state index contributed by atoms with van der Waals surface area (Å²) in [6, 6.07) is 6.97. The van der Waals surface area contributed by atoms with Crippen molar-refractivity contribution in [2.24, 2.45) is 5.92 Å². The number of carbonyl (C=O) groups is 1. The number of carbonyl (C=O) groups excluding carboxylic acids is 1. The van der Waals surface area contributed by atoms with Crippen LogP contribution >= 0.6 is 0 Å². The largest absolute Gasteiger partial charge is 0.497 e. The zero-order valence-electron chi connectivity index (χ0n) is 10.0. The number of methoxy groups -OCH3 is 1. The molecule has 0 aliphatic carbocycles. The Labute approximate surface area is 106 Å². The highest BCUT2D eigenvalue weighted by molar-refractivity contribution is 7.91. The van der Waals surface area contributed by atoms with E-state index < -0.39 is 15.8 Å². The van der Waals surface area contributed by atoms with Crippen LogP contribution in [0.5, 0.6) is 5.75 Å². The van der Waals surface area contributed by atoms with Gasteiger partial charge in [0.05, 0.1) is 24.5 Å². The maximum Gasteiger partial charge on any atom is 0.228 e. The van der Waals surface area contributed by atoms with Gasteiger partial charge in [0.2, 0.25) is 5.91 Å². The van der Waals surface area contributed by atoms with Crippen LogP contribution in [-0.4, -0.2) is 32.9 Å². The molecular weight excluding hydrogens is 254 g/mol. The van der Waals surface area contributed by atoms with Crippen molar-refractivity contribution in [1.82, 2.24) is 0 Å². The molecule has 1 saturated heterocycles. The van der Waals surface area contributed by atoms with Crippen molar-refractivity contribution in [1.29, 1.82) is 0 Å². The predicted octanol–water partition coefficient (Wildman–Crippen LogP) is 1.07. The van der Waals surface area contributed by atoms with E-state index in [2.05, 4.69) is 5.32 Å². The average Bonchev–Trinajstić information content (AvgIpc) is 2.70. The molecule has 0 bridgehead atoms. The molecule has 1 aliphatic heterocycles. The first-order valence-corrected chi connectivity index (χ1v) is 7.48. The number of hydrogen-bond acceptors (Lipinski definition) is 4. The molecule has 1 aliphatic rings. The minimum atomic E-state index is -3.03. The second-order valence-corrected chi connectivity index (χ2v) is 6.55. The number of benzene rings is 1. The molecule has 1 atom stereocenters. The van der Waals surface area contributed by atoms with Crippen LogP contribution in [-0.2, 0) is 14.6 Å². The van der Waals surface area contributed by atoms with Gasteiger partial charge in [-0.25, -0.2) is 8.42 Å². The van der Waals surface area contributed by atoms with Crippen molar-refractivity contribution in [2.75, 3.05) is 23.9 Å². The maximum absolute atomic E-state index is 11.9. The number of amides is 1. The van der Waals surface area contributed by atoms with Gasteiger partial charge in [-0.3, -0.25) is 4.79 Å². The Morgan fingerprint density at radius 3 is 2.83 bits per heavy atom. The molecule has 6 heteroatoms. The molecule has 1 fully saturated rings. The second kappa shape index (κ2) is 4.97. The standard InChI is InChI=1S/C12H15NO4S/c1-17-11-4-2-3-10(7-11)13-12(14)9-5-6-18(15,16)8-9/h2-4,7,9H,5-6,8H2,1H3,(H,13,14)/t9-/m1/s1. The van der Waals surface area contributed by atoms with Gasteiger partial charge in [-0.15, -0.1) is 0 Å². The van der Waals surface area contributed by atoms with Gasteiger partial charge in [0, 0.05) is 11.8 Å². The van der Waals surface area contributed by atoms with Gasteiger partial charge in [-0.1, -0.05) is 6.07 Å². The lowest BCUT2D eigenvalue weighted by Crippen LogP contribution is -2.23. The first kappa shape index (κ1) is 12.9. The van der Waals surface area contributed by atoms with E-state index in [0.717, 1.165) is 0 Å². The average molecular weight is 269 g/mol. The summed E-state index contributed by atoms with van der Waals surface area (Å²) in [7, 11) is -1.49. The third-order valence-corrected chi connectivity index (χ3v) is 4.71. The van der Waals surface area contributed by atoms with E-state index in [1.165, 1.54) is 0 Å². The molecule has 0 saturated carbocycles. The SMILES string of the molecule is COc1cccc(NC(=O)[C@@H]2CCS(=O)(=O)C2)c1. The zero-order chi connectivity index (χ0) is 13.2. The van der Waals surface area contributed by atoms with Crippen molar-refractivity contribution in [3.8, 4) is 5.75 Å². The van der Waals surface area contributed by atoms with Gasteiger partial charge in [-0.05, 0) is 18.6 Å². The van der Waals surface area contributed by atoms with E-state index >= 15 is 0 Å². The summed E-state index contributed by atoms with van der Waals surface area (Å²) in [5.74, 6) is 0.00352. The normalized spacial score (nSPS) is 21.5. The second-order valence-electron chi connectivity index (χ2n) is 4.32. The van der Waals surface area contributed by atoms with Gasteiger partial charge in [0.1, 0.15) is 5.75 Å². The van der Waals surface area contributed by atoms with Crippen LogP contribution in [0.15, 0.2) is 24.3 Å². The zero-order valence-corrected chi connectivity index (χ0v) is 10.9. The highest BCUT2D eigenvalue weighted by atomic mass is 32.2. The Bertz CT molecular complexity index is 553. The molecule has 1 N–H and O–H groups in total. The summed E-state index contributed by atoms with van der Waals surface area (Å²) in [5, 5.41) is 2.71. The van der Waals surface area contributed by atoms with Crippen molar-refractivity contribution in [3.63, 3.8) is 0 Å². The van der Waals surface area contributed by atoms with Gasteiger partial charge in [0.15, 0.2) is 9.84 Å². The summed E-state index contributed by atoms with van der Waals surface area (Å²) in [6.07, 6.45) is 0.401. The number of nitrogens with one attached hydrogen (secondary N) is 1. The van der Waals surface area contributed by atoms with Gasteiger partial charge in [0.25, 0.3) is 0 Å². The van der Waals surface area contributed by atoms with E-state index in [0.29, 0.717) is 17.9 Å². The number of rotatable bonds is 3. The molecule has 1 aromatic rings. The lowest BCUT2D eigenvalue weighted by Gasteiger charge is -2.10. The number of anilines is 1. The highest BCUT2D eigenvalue weighted by Crippen LogP contribution is 2.22. The number of ether oxygens (including phenoxy) is 1. The Kier molecular flexibility index (Phi) is 3.56. The first-order chi connectivity index (χ1) is 8.50. The van der Waals surface area contributed by atoms with Crippen molar-refractivity contribution in [3.05, 3.63) is 24.3 Å². The quantitative estimate of drug-likeness (QED) is 0.891. The maximum atomic E-state index is 11.9. The molecule has 1 aromatic carbocycles. The third kappa shape index (κ3) is 3.01. The van der Waals surface area contributed by atoms with E-state index in [1.807, 2.05) is 0 Å². The molecular formula is C12H15NO4S. The molecule has 98 valence electrons. The molecule has 5 nitrogen and oxygen atoms in total. The predicted molar refractivity (Wildman–Crippen MR) is 68.4 cm³/mol. The van der Waals surface area contributed by atoms with Gasteiger partial charge < -0.3 is 10.1 Å². The number of sulfone groups is 1. The van der Waals surface area contributed by atoms with Crippen LogP contribution in [0.3, 0.4) is 0 Å². The Balaban J connectivity index is 2.03. The molecule has 0 radical (unpaired) electrons. The first-order valence-electron chi connectivity index (χ1n) is 5.65. The molecule has 0 aromatic heterocycles. The molecule has 1 amide bonds. The minimum absolute atomic E-state index is 0.0528. The third-order valence-electron chi connectivity index (χ3n) is 2.94. The Morgan fingerprint density at radius 2 is 2.22 bits per heavy atom. The van der Waals surface area contributed by atoms with Gasteiger partial charge in [-0.2, -0.15) is 0 Å². The van der Waals surface area contributed by atoms with Crippen LogP contribution < -0.4 is 10.1 Å². The fourth-order valence-corrected chi connectivity index (χ4v) is 3.69. The topological polar surface area (TPSA) is 72.5 Å². The smallest absolute Gasteiger partial charge is 0.228 e. The van der Waals surface area contributed by atoms with Crippen LogP contribution in [0.2, 0.25) is 0 Å². The van der Waals surface area contributed by atoms with Crippen molar-refractivity contribution >= 4 is 21.4 Å². The lowest BCUT2D eigenvalue weighted by atomic mass is 10.1. The highest BCUT2D eigenvalue weighted by Gasteiger charge is 2.32. The monoisotopic (exact) mass is 269 g/mol. The fourth-order valence-electron chi connectivity index (χ4n) is 1.95. The molecule has 2 rings (SSSR count). The van der Waals surface area contributed by atoms with E-state index in [9.17, 15) is 13.2 Å². The molecule has 0 unspecified atom stereocenters. The Morgan fingerprint density at radius 1 is 1.44 bits per heavy atom. The van der Waals surface area contributed by atoms with E-state index in [4.69, 9.17) is 4.74 Å². The summed E-state index contributed by atoms with van der Waals surface area (Å²) in [5.41, 5.74) is 0.614. The fraction of sp³-hybridized carbons (Fsp3) is 0.417.